The van der Waals surface area contributed by atoms with Crippen LogP contribution in [-0.2, 0) is 14.2 Å². The van der Waals surface area contributed by atoms with Gasteiger partial charge in [-0.3, -0.25) is 0 Å². The summed E-state index contributed by atoms with van der Waals surface area (Å²) >= 11 is 1.65. The number of thioether (sulfide) groups is 1. The van der Waals surface area contributed by atoms with Crippen molar-refractivity contribution in [2.75, 3.05) is 26.1 Å². The SMILES string of the molecule is CCOC(CSc1ccc(C(=O)OC)c(C)c1)OCC. The summed E-state index contributed by atoms with van der Waals surface area (Å²) in [6, 6.07) is 5.69. The molecular formula is C15H22O4S. The Hall–Kier alpha value is -1.04. The van der Waals surface area contributed by atoms with E-state index in [0.29, 0.717) is 18.8 Å². The Balaban J connectivity index is 2.64. The highest BCUT2D eigenvalue weighted by Crippen LogP contribution is 2.23. The molecule has 4 nitrogen and oxygen atoms in total. The van der Waals surface area contributed by atoms with Gasteiger partial charge in [-0.2, -0.15) is 0 Å². The topological polar surface area (TPSA) is 44.8 Å². The van der Waals surface area contributed by atoms with Crippen molar-refractivity contribution in [1.29, 1.82) is 0 Å². The predicted molar refractivity (Wildman–Crippen MR) is 80.3 cm³/mol. The zero-order valence-electron chi connectivity index (χ0n) is 12.5. The summed E-state index contributed by atoms with van der Waals surface area (Å²) in [5.74, 6) is 0.416. The van der Waals surface area contributed by atoms with Gasteiger partial charge in [0.05, 0.1) is 12.7 Å². The van der Waals surface area contributed by atoms with E-state index in [4.69, 9.17) is 14.2 Å². The minimum atomic E-state index is -0.305. The normalized spacial score (nSPS) is 10.8. The van der Waals surface area contributed by atoms with Crippen LogP contribution >= 0.6 is 11.8 Å². The summed E-state index contributed by atoms with van der Waals surface area (Å²) in [7, 11) is 1.39. The molecule has 112 valence electrons. The van der Waals surface area contributed by atoms with Gasteiger partial charge in [0, 0.05) is 23.9 Å². The molecule has 0 atom stereocenters. The van der Waals surface area contributed by atoms with E-state index in [1.807, 2.05) is 32.9 Å². The van der Waals surface area contributed by atoms with Crippen molar-refractivity contribution in [3.63, 3.8) is 0 Å². The van der Waals surface area contributed by atoms with Crippen LogP contribution in [0.25, 0.3) is 0 Å². The Labute approximate surface area is 124 Å². The lowest BCUT2D eigenvalue weighted by Crippen LogP contribution is -2.19. The molecule has 0 fully saturated rings. The molecule has 0 N–H and O–H groups in total. The number of carbonyl (C=O) groups is 1. The Kier molecular flexibility index (Phi) is 7.65. The third-order valence-corrected chi connectivity index (χ3v) is 3.72. The van der Waals surface area contributed by atoms with Crippen molar-refractivity contribution in [2.24, 2.45) is 0 Å². The number of aryl methyl sites for hydroxylation is 1. The van der Waals surface area contributed by atoms with Gasteiger partial charge in [-0.1, -0.05) is 0 Å². The van der Waals surface area contributed by atoms with Gasteiger partial charge in [0.2, 0.25) is 0 Å². The number of hydrogen-bond acceptors (Lipinski definition) is 5. The molecule has 1 aromatic rings. The lowest BCUT2D eigenvalue weighted by Gasteiger charge is -2.16. The van der Waals surface area contributed by atoms with Crippen LogP contribution in [-0.4, -0.2) is 38.3 Å². The third-order valence-electron chi connectivity index (χ3n) is 2.69. The minimum absolute atomic E-state index is 0.199. The molecule has 5 heteroatoms. The molecule has 0 aromatic heterocycles. The van der Waals surface area contributed by atoms with Crippen molar-refractivity contribution in [1.82, 2.24) is 0 Å². The second-order valence-electron chi connectivity index (χ2n) is 4.12. The van der Waals surface area contributed by atoms with Gasteiger partial charge in [0.1, 0.15) is 0 Å². The molecule has 0 radical (unpaired) electrons. The van der Waals surface area contributed by atoms with E-state index in [2.05, 4.69) is 0 Å². The lowest BCUT2D eigenvalue weighted by molar-refractivity contribution is -0.120. The van der Waals surface area contributed by atoms with Crippen LogP contribution in [0.5, 0.6) is 0 Å². The summed E-state index contributed by atoms with van der Waals surface area (Å²) in [5, 5.41) is 0. The highest BCUT2D eigenvalue weighted by Gasteiger charge is 2.12. The van der Waals surface area contributed by atoms with Gasteiger partial charge in [0.15, 0.2) is 6.29 Å². The van der Waals surface area contributed by atoms with Crippen molar-refractivity contribution in [3.8, 4) is 0 Å². The summed E-state index contributed by atoms with van der Waals surface area (Å²) < 4.78 is 15.7. The lowest BCUT2D eigenvalue weighted by atomic mass is 10.1. The summed E-state index contributed by atoms with van der Waals surface area (Å²) in [6.45, 7) is 7.06. The smallest absolute Gasteiger partial charge is 0.338 e. The molecule has 0 saturated carbocycles. The molecular weight excluding hydrogens is 276 g/mol. The number of carbonyl (C=O) groups excluding carboxylic acids is 1. The Bertz CT molecular complexity index is 428. The molecule has 20 heavy (non-hydrogen) atoms. The number of esters is 1. The van der Waals surface area contributed by atoms with E-state index in [9.17, 15) is 4.79 Å². The van der Waals surface area contributed by atoms with E-state index in [0.717, 1.165) is 16.2 Å². The van der Waals surface area contributed by atoms with Crippen LogP contribution in [0, 0.1) is 6.92 Å². The molecule has 1 aromatic carbocycles. The molecule has 0 aliphatic carbocycles. The fraction of sp³-hybridized carbons (Fsp3) is 0.533. The highest BCUT2D eigenvalue weighted by atomic mass is 32.2. The average molecular weight is 298 g/mol. The number of benzene rings is 1. The van der Waals surface area contributed by atoms with Crippen molar-refractivity contribution >= 4 is 17.7 Å². The Morgan fingerprint density at radius 3 is 2.40 bits per heavy atom. The maximum absolute atomic E-state index is 11.5. The maximum Gasteiger partial charge on any atom is 0.338 e. The van der Waals surface area contributed by atoms with Gasteiger partial charge in [-0.05, 0) is 44.5 Å². The molecule has 0 amide bonds. The van der Waals surface area contributed by atoms with Gasteiger partial charge >= 0.3 is 5.97 Å². The minimum Gasteiger partial charge on any atom is -0.465 e. The Morgan fingerprint density at radius 2 is 1.90 bits per heavy atom. The van der Waals surface area contributed by atoms with Crippen LogP contribution in [0.15, 0.2) is 23.1 Å². The number of ether oxygens (including phenoxy) is 3. The zero-order chi connectivity index (χ0) is 15.0. The quantitative estimate of drug-likeness (QED) is 0.419. The molecule has 0 bridgehead atoms. The number of methoxy groups -OCH3 is 1. The van der Waals surface area contributed by atoms with Gasteiger partial charge < -0.3 is 14.2 Å². The zero-order valence-corrected chi connectivity index (χ0v) is 13.3. The molecule has 0 unspecified atom stereocenters. The van der Waals surface area contributed by atoms with Crippen LogP contribution in [0.1, 0.15) is 29.8 Å². The van der Waals surface area contributed by atoms with Gasteiger partial charge in [-0.15, -0.1) is 11.8 Å². The van der Waals surface area contributed by atoms with Crippen molar-refractivity contribution in [2.45, 2.75) is 32.0 Å². The van der Waals surface area contributed by atoms with E-state index >= 15 is 0 Å². The molecule has 1 rings (SSSR count). The van der Waals surface area contributed by atoms with Crippen LogP contribution in [0.2, 0.25) is 0 Å². The monoisotopic (exact) mass is 298 g/mol. The first kappa shape index (κ1) is 17.0. The average Bonchev–Trinajstić information content (AvgIpc) is 2.44. The second kappa shape index (κ2) is 9.00. The van der Waals surface area contributed by atoms with Gasteiger partial charge in [-0.25, -0.2) is 4.79 Å². The molecule has 0 aliphatic rings. The number of hydrogen-bond donors (Lipinski definition) is 0. The molecule has 0 heterocycles. The van der Waals surface area contributed by atoms with Crippen LogP contribution in [0.4, 0.5) is 0 Å². The first-order chi connectivity index (χ1) is 9.62. The maximum atomic E-state index is 11.5. The predicted octanol–water partition coefficient (Wildman–Crippen LogP) is 3.27. The summed E-state index contributed by atoms with van der Waals surface area (Å²) in [6.07, 6.45) is -0.199. The fourth-order valence-electron chi connectivity index (χ4n) is 1.75. The van der Waals surface area contributed by atoms with E-state index in [-0.39, 0.29) is 12.3 Å². The van der Waals surface area contributed by atoms with Crippen LogP contribution < -0.4 is 0 Å². The van der Waals surface area contributed by atoms with Crippen molar-refractivity contribution < 1.29 is 19.0 Å². The van der Waals surface area contributed by atoms with E-state index in [1.165, 1.54) is 7.11 Å². The van der Waals surface area contributed by atoms with Crippen molar-refractivity contribution in [3.05, 3.63) is 29.3 Å². The standard InChI is InChI=1S/C15H22O4S/c1-5-18-14(19-6-2)10-20-12-7-8-13(11(3)9-12)15(16)17-4/h7-9,14H,5-6,10H2,1-4H3. The largest absolute Gasteiger partial charge is 0.465 e. The third kappa shape index (κ3) is 5.15. The first-order valence-electron chi connectivity index (χ1n) is 6.67. The summed E-state index contributed by atoms with van der Waals surface area (Å²) in [5.41, 5.74) is 1.51. The molecule has 0 spiro atoms. The fourth-order valence-corrected chi connectivity index (χ4v) is 2.69. The van der Waals surface area contributed by atoms with Crippen LogP contribution in [0.3, 0.4) is 0 Å². The van der Waals surface area contributed by atoms with E-state index < -0.39 is 0 Å². The second-order valence-corrected chi connectivity index (χ2v) is 5.21. The Morgan fingerprint density at radius 1 is 1.25 bits per heavy atom. The van der Waals surface area contributed by atoms with Gasteiger partial charge in [0.25, 0.3) is 0 Å². The molecule has 0 aliphatic heterocycles. The highest BCUT2D eigenvalue weighted by molar-refractivity contribution is 7.99. The number of rotatable bonds is 8. The first-order valence-corrected chi connectivity index (χ1v) is 7.65. The molecule has 0 saturated heterocycles. The van der Waals surface area contributed by atoms with E-state index in [1.54, 1.807) is 17.8 Å². The summed E-state index contributed by atoms with van der Waals surface area (Å²) in [4.78, 5) is 12.6.